The molecule has 1 unspecified atom stereocenters. The van der Waals surface area contributed by atoms with Crippen molar-refractivity contribution < 1.29 is 14.3 Å². The molecule has 1 aliphatic heterocycles. The second kappa shape index (κ2) is 6.33. The lowest BCUT2D eigenvalue weighted by Gasteiger charge is -2.21. The van der Waals surface area contributed by atoms with Crippen LogP contribution in [0.3, 0.4) is 0 Å². The Bertz CT molecular complexity index is 456. The van der Waals surface area contributed by atoms with Gasteiger partial charge < -0.3 is 10.1 Å². The van der Waals surface area contributed by atoms with E-state index in [2.05, 4.69) is 10.6 Å². The van der Waals surface area contributed by atoms with Gasteiger partial charge in [0.15, 0.2) is 0 Å². The highest BCUT2D eigenvalue weighted by molar-refractivity contribution is 6.00. The van der Waals surface area contributed by atoms with Gasteiger partial charge in [0.1, 0.15) is 5.75 Å². The third-order valence-corrected chi connectivity index (χ3v) is 3.20. The molecular formula is C14H18N2O3. The molecule has 1 fully saturated rings. The number of ether oxygens (including phenoxy) is 1. The predicted octanol–water partition coefficient (Wildman–Crippen LogP) is 0.632. The molecule has 0 saturated carbocycles. The number of nitrogens with one attached hydrogen (secondary N) is 2. The van der Waals surface area contributed by atoms with Crippen molar-refractivity contribution >= 4 is 11.8 Å². The lowest BCUT2D eigenvalue weighted by atomic mass is 10.1. The number of rotatable bonds is 5. The van der Waals surface area contributed by atoms with Gasteiger partial charge in [-0.25, -0.2) is 0 Å². The van der Waals surface area contributed by atoms with Crippen LogP contribution in [0.25, 0.3) is 0 Å². The molecule has 0 spiro atoms. The van der Waals surface area contributed by atoms with Crippen molar-refractivity contribution in [3.8, 4) is 5.75 Å². The number of carbonyl (C=O) groups excluding carboxylic acids is 2. The summed E-state index contributed by atoms with van der Waals surface area (Å²) in [4.78, 5) is 22.5. The van der Waals surface area contributed by atoms with Crippen molar-refractivity contribution in [1.29, 1.82) is 0 Å². The summed E-state index contributed by atoms with van der Waals surface area (Å²) in [5, 5.41) is 5.51. The highest BCUT2D eigenvalue weighted by Gasteiger charge is 2.25. The molecule has 102 valence electrons. The molecule has 0 aromatic heterocycles. The Morgan fingerprint density at radius 1 is 1.32 bits per heavy atom. The summed E-state index contributed by atoms with van der Waals surface area (Å²) < 4.78 is 5.09. The van der Waals surface area contributed by atoms with Crippen LogP contribution in [0.4, 0.5) is 0 Å². The zero-order chi connectivity index (χ0) is 13.7. The van der Waals surface area contributed by atoms with Crippen molar-refractivity contribution in [3.63, 3.8) is 0 Å². The summed E-state index contributed by atoms with van der Waals surface area (Å²) in [5.74, 6) is 0.436. The lowest BCUT2D eigenvalue weighted by molar-refractivity contribution is -0.134. The first-order chi connectivity index (χ1) is 9.19. The molecule has 2 N–H and O–H groups in total. The number of amides is 2. The van der Waals surface area contributed by atoms with Crippen molar-refractivity contribution in [2.75, 3.05) is 13.7 Å². The Labute approximate surface area is 112 Å². The molecule has 1 aliphatic rings. The molecule has 1 aromatic rings. The predicted molar refractivity (Wildman–Crippen MR) is 70.9 cm³/mol. The summed E-state index contributed by atoms with van der Waals surface area (Å²) in [6.45, 7) is 0.707. The van der Waals surface area contributed by atoms with Crippen LogP contribution < -0.4 is 15.4 Å². The summed E-state index contributed by atoms with van der Waals surface area (Å²) in [7, 11) is 1.64. The van der Waals surface area contributed by atoms with Crippen LogP contribution in [0, 0.1) is 0 Å². The number of hydrogen-bond acceptors (Lipinski definition) is 4. The highest BCUT2D eigenvalue weighted by atomic mass is 16.5. The maximum absolute atomic E-state index is 11.5. The standard InChI is InChI=1S/C14H18N2O3/c1-19-11-4-2-10(3-5-11)8-9-15-12-6-7-13(17)16-14(12)18/h2-5,12,15H,6-9H2,1H3,(H,16,17,18). The average Bonchev–Trinajstić information content (AvgIpc) is 2.42. The minimum absolute atomic E-state index is 0.182. The molecule has 0 radical (unpaired) electrons. The van der Waals surface area contributed by atoms with Gasteiger partial charge in [-0.2, -0.15) is 0 Å². The first kappa shape index (κ1) is 13.5. The second-order valence-corrected chi connectivity index (χ2v) is 4.56. The van der Waals surface area contributed by atoms with Crippen molar-refractivity contribution in [1.82, 2.24) is 10.6 Å². The van der Waals surface area contributed by atoms with Crippen LogP contribution in [0.15, 0.2) is 24.3 Å². The highest BCUT2D eigenvalue weighted by Crippen LogP contribution is 2.11. The Kier molecular flexibility index (Phi) is 4.52. The summed E-state index contributed by atoms with van der Waals surface area (Å²) >= 11 is 0. The third kappa shape index (κ3) is 3.79. The minimum atomic E-state index is -0.254. The number of imide groups is 1. The van der Waals surface area contributed by atoms with Crippen LogP contribution >= 0.6 is 0 Å². The number of methoxy groups -OCH3 is 1. The molecule has 0 aliphatic carbocycles. The van der Waals surface area contributed by atoms with Gasteiger partial charge in [-0.15, -0.1) is 0 Å². The van der Waals surface area contributed by atoms with E-state index >= 15 is 0 Å². The number of hydrogen-bond donors (Lipinski definition) is 2. The average molecular weight is 262 g/mol. The third-order valence-electron chi connectivity index (χ3n) is 3.20. The normalized spacial score (nSPS) is 19.1. The van der Waals surface area contributed by atoms with Gasteiger partial charge in [0.25, 0.3) is 0 Å². The minimum Gasteiger partial charge on any atom is -0.497 e. The van der Waals surface area contributed by atoms with E-state index in [0.717, 1.165) is 12.2 Å². The van der Waals surface area contributed by atoms with E-state index in [1.165, 1.54) is 5.56 Å². The van der Waals surface area contributed by atoms with E-state index in [1.54, 1.807) is 7.11 Å². The Hall–Kier alpha value is -1.88. The zero-order valence-corrected chi connectivity index (χ0v) is 10.9. The molecule has 1 aromatic carbocycles. The molecule has 2 rings (SSSR count). The molecule has 5 nitrogen and oxygen atoms in total. The van der Waals surface area contributed by atoms with Crippen molar-refractivity contribution in [2.24, 2.45) is 0 Å². The summed E-state index contributed by atoms with van der Waals surface area (Å²) in [6, 6.07) is 7.59. The van der Waals surface area contributed by atoms with Gasteiger partial charge >= 0.3 is 0 Å². The SMILES string of the molecule is COc1ccc(CCNC2CCC(=O)NC2=O)cc1. The molecule has 0 bridgehead atoms. The fourth-order valence-electron chi connectivity index (χ4n) is 2.07. The zero-order valence-electron chi connectivity index (χ0n) is 10.9. The molecule has 19 heavy (non-hydrogen) atoms. The van der Waals surface area contributed by atoms with Crippen LogP contribution in [0.5, 0.6) is 5.75 Å². The van der Waals surface area contributed by atoms with E-state index in [9.17, 15) is 9.59 Å². The van der Waals surface area contributed by atoms with E-state index in [-0.39, 0.29) is 17.9 Å². The van der Waals surface area contributed by atoms with Crippen molar-refractivity contribution in [3.05, 3.63) is 29.8 Å². The van der Waals surface area contributed by atoms with E-state index in [4.69, 9.17) is 4.74 Å². The van der Waals surface area contributed by atoms with Gasteiger partial charge in [0, 0.05) is 6.42 Å². The van der Waals surface area contributed by atoms with Crippen LogP contribution in [-0.4, -0.2) is 31.5 Å². The van der Waals surface area contributed by atoms with Crippen LogP contribution in [0.2, 0.25) is 0 Å². The van der Waals surface area contributed by atoms with Gasteiger partial charge in [-0.05, 0) is 37.1 Å². The monoisotopic (exact) mass is 262 g/mol. The quantitative estimate of drug-likeness (QED) is 0.764. The maximum atomic E-state index is 11.5. The maximum Gasteiger partial charge on any atom is 0.243 e. The van der Waals surface area contributed by atoms with Crippen LogP contribution in [-0.2, 0) is 16.0 Å². The number of piperidine rings is 1. The van der Waals surface area contributed by atoms with Gasteiger partial charge in [0.2, 0.25) is 11.8 Å². The fourth-order valence-corrected chi connectivity index (χ4v) is 2.07. The van der Waals surface area contributed by atoms with E-state index in [1.807, 2.05) is 24.3 Å². The van der Waals surface area contributed by atoms with E-state index in [0.29, 0.717) is 19.4 Å². The molecule has 2 amide bonds. The van der Waals surface area contributed by atoms with Gasteiger partial charge in [0.05, 0.1) is 13.2 Å². The lowest BCUT2D eigenvalue weighted by Crippen LogP contribution is -2.51. The molecule has 1 heterocycles. The largest absolute Gasteiger partial charge is 0.497 e. The topological polar surface area (TPSA) is 67.4 Å². The summed E-state index contributed by atoms with van der Waals surface area (Å²) in [5.41, 5.74) is 1.18. The smallest absolute Gasteiger partial charge is 0.243 e. The van der Waals surface area contributed by atoms with Crippen LogP contribution in [0.1, 0.15) is 18.4 Å². The molecule has 1 atom stereocenters. The Morgan fingerprint density at radius 3 is 2.68 bits per heavy atom. The second-order valence-electron chi connectivity index (χ2n) is 4.56. The molecule has 5 heteroatoms. The van der Waals surface area contributed by atoms with Gasteiger partial charge in [-0.3, -0.25) is 14.9 Å². The van der Waals surface area contributed by atoms with Gasteiger partial charge in [-0.1, -0.05) is 12.1 Å². The Morgan fingerprint density at radius 2 is 2.05 bits per heavy atom. The number of benzene rings is 1. The summed E-state index contributed by atoms with van der Waals surface area (Å²) in [6.07, 6.45) is 1.82. The van der Waals surface area contributed by atoms with Crippen molar-refractivity contribution in [2.45, 2.75) is 25.3 Å². The molecule has 1 saturated heterocycles. The first-order valence-corrected chi connectivity index (χ1v) is 6.39. The molecular weight excluding hydrogens is 244 g/mol. The first-order valence-electron chi connectivity index (χ1n) is 6.39. The Balaban J connectivity index is 1.76. The fraction of sp³-hybridized carbons (Fsp3) is 0.429. The van der Waals surface area contributed by atoms with E-state index < -0.39 is 0 Å². The number of carbonyl (C=O) groups is 2.